The van der Waals surface area contributed by atoms with Crippen LogP contribution < -0.4 is 5.32 Å². The number of carbonyl (C=O) groups is 1. The van der Waals surface area contributed by atoms with Gasteiger partial charge in [0, 0.05) is 25.2 Å². The molecule has 0 aromatic heterocycles. The Bertz CT molecular complexity index is 546. The molecular formula is C14H16ClF5N2O. The number of nitrogens with one attached hydrogen (secondary N) is 1. The molecule has 1 saturated heterocycles. The van der Waals surface area contributed by atoms with Gasteiger partial charge < -0.3 is 10.2 Å². The van der Waals surface area contributed by atoms with Crippen molar-refractivity contribution in [1.29, 1.82) is 0 Å². The molecule has 1 heterocycles. The molecule has 130 valence electrons. The number of halogens is 6. The standard InChI is InChI=1S/C14H15F5N2O.ClH/c1-21(13(22)14(17,18)19)11-2-3-20-12(7-11)8-4-9(15)6-10(16)5-8;/h4-6,11-12,20H,2-3,7H2,1H3;1H/t11-,12+;/m1./s1. The summed E-state index contributed by atoms with van der Waals surface area (Å²) < 4.78 is 63.9. The average molecular weight is 359 g/mol. The van der Waals surface area contributed by atoms with Gasteiger partial charge in [0.05, 0.1) is 0 Å². The monoisotopic (exact) mass is 358 g/mol. The van der Waals surface area contributed by atoms with E-state index in [1.807, 2.05) is 0 Å². The average Bonchev–Trinajstić information content (AvgIpc) is 2.44. The van der Waals surface area contributed by atoms with Crippen molar-refractivity contribution in [3.8, 4) is 0 Å². The van der Waals surface area contributed by atoms with Crippen molar-refractivity contribution >= 4 is 18.3 Å². The van der Waals surface area contributed by atoms with E-state index in [2.05, 4.69) is 5.32 Å². The Balaban J connectivity index is 0.00000264. The third-order valence-corrected chi connectivity index (χ3v) is 3.77. The Morgan fingerprint density at radius 2 is 1.78 bits per heavy atom. The molecule has 1 N–H and O–H groups in total. The molecule has 1 aliphatic heterocycles. The van der Waals surface area contributed by atoms with Crippen molar-refractivity contribution in [2.45, 2.75) is 31.1 Å². The summed E-state index contributed by atoms with van der Waals surface area (Å²) >= 11 is 0. The summed E-state index contributed by atoms with van der Waals surface area (Å²) in [7, 11) is 1.09. The number of hydrogen-bond donors (Lipinski definition) is 1. The highest BCUT2D eigenvalue weighted by atomic mass is 35.5. The topological polar surface area (TPSA) is 32.3 Å². The van der Waals surface area contributed by atoms with E-state index in [4.69, 9.17) is 0 Å². The van der Waals surface area contributed by atoms with E-state index < -0.39 is 35.8 Å². The van der Waals surface area contributed by atoms with Crippen LogP contribution in [-0.2, 0) is 4.79 Å². The number of nitrogens with zero attached hydrogens (tertiary/aromatic N) is 1. The van der Waals surface area contributed by atoms with Crippen molar-refractivity contribution in [3.63, 3.8) is 0 Å². The molecule has 2 rings (SSSR count). The SMILES string of the molecule is CN(C(=O)C(F)(F)F)[C@@H]1CCN[C@H](c2cc(F)cc(F)c2)C1.Cl. The molecule has 1 aromatic rings. The molecule has 1 amide bonds. The van der Waals surface area contributed by atoms with Crippen molar-refractivity contribution in [3.05, 3.63) is 35.4 Å². The lowest BCUT2D eigenvalue weighted by Gasteiger charge is -2.36. The van der Waals surface area contributed by atoms with Crippen molar-refractivity contribution in [2.75, 3.05) is 13.6 Å². The smallest absolute Gasteiger partial charge is 0.335 e. The second kappa shape index (κ2) is 7.44. The molecule has 1 aliphatic rings. The quantitative estimate of drug-likeness (QED) is 0.823. The van der Waals surface area contributed by atoms with Crippen LogP contribution >= 0.6 is 12.4 Å². The molecule has 9 heteroatoms. The lowest BCUT2D eigenvalue weighted by atomic mass is 9.93. The Kier molecular flexibility index (Phi) is 6.35. The first-order chi connectivity index (χ1) is 10.2. The van der Waals surface area contributed by atoms with Crippen molar-refractivity contribution in [1.82, 2.24) is 10.2 Å². The normalized spacial score (nSPS) is 21.5. The molecule has 0 spiro atoms. The van der Waals surface area contributed by atoms with E-state index in [-0.39, 0.29) is 18.8 Å². The molecule has 0 bridgehead atoms. The fourth-order valence-corrected chi connectivity index (χ4v) is 2.65. The number of carbonyl (C=O) groups excluding carboxylic acids is 1. The van der Waals surface area contributed by atoms with Crippen LogP contribution in [0.15, 0.2) is 18.2 Å². The van der Waals surface area contributed by atoms with E-state index in [0.717, 1.165) is 25.2 Å². The predicted octanol–water partition coefficient (Wildman–Crippen LogP) is 3.20. The maximum Gasteiger partial charge on any atom is 0.471 e. The summed E-state index contributed by atoms with van der Waals surface area (Å²) in [5.74, 6) is -3.42. The third kappa shape index (κ3) is 4.78. The van der Waals surface area contributed by atoms with E-state index >= 15 is 0 Å². The van der Waals surface area contributed by atoms with Crippen molar-refractivity contribution in [2.24, 2.45) is 0 Å². The summed E-state index contributed by atoms with van der Waals surface area (Å²) in [4.78, 5) is 11.9. The highest BCUT2D eigenvalue weighted by Gasteiger charge is 2.43. The Morgan fingerprint density at radius 1 is 1.22 bits per heavy atom. The third-order valence-electron chi connectivity index (χ3n) is 3.77. The molecule has 0 radical (unpaired) electrons. The lowest BCUT2D eigenvalue weighted by molar-refractivity contribution is -0.186. The van der Waals surface area contributed by atoms with E-state index in [9.17, 15) is 26.7 Å². The minimum absolute atomic E-state index is 0. The van der Waals surface area contributed by atoms with Crippen LogP contribution in [0.5, 0.6) is 0 Å². The van der Waals surface area contributed by atoms with Gasteiger partial charge in [0.25, 0.3) is 0 Å². The van der Waals surface area contributed by atoms with Gasteiger partial charge in [0.1, 0.15) is 11.6 Å². The fourth-order valence-electron chi connectivity index (χ4n) is 2.65. The summed E-state index contributed by atoms with van der Waals surface area (Å²) in [5, 5.41) is 3.00. The first-order valence-electron chi connectivity index (χ1n) is 6.72. The summed E-state index contributed by atoms with van der Waals surface area (Å²) in [6.07, 6.45) is -4.44. The van der Waals surface area contributed by atoms with Gasteiger partial charge in [-0.15, -0.1) is 12.4 Å². The first-order valence-corrected chi connectivity index (χ1v) is 6.72. The zero-order valence-electron chi connectivity index (χ0n) is 12.2. The van der Waals surface area contributed by atoms with Gasteiger partial charge in [0.2, 0.25) is 0 Å². The van der Waals surface area contributed by atoms with Crippen LogP contribution in [0.1, 0.15) is 24.4 Å². The van der Waals surface area contributed by atoms with Gasteiger partial charge in [0.15, 0.2) is 0 Å². The second-order valence-corrected chi connectivity index (χ2v) is 5.30. The molecule has 0 saturated carbocycles. The van der Waals surface area contributed by atoms with E-state index in [1.165, 1.54) is 0 Å². The molecule has 1 fully saturated rings. The number of benzene rings is 1. The number of rotatable bonds is 2. The number of alkyl halides is 3. The number of hydrogen-bond acceptors (Lipinski definition) is 2. The predicted molar refractivity (Wildman–Crippen MR) is 76.2 cm³/mol. The van der Waals surface area contributed by atoms with Crippen molar-refractivity contribution < 1.29 is 26.7 Å². The zero-order valence-corrected chi connectivity index (χ0v) is 13.0. The number of amides is 1. The van der Waals surface area contributed by atoms with E-state index in [0.29, 0.717) is 23.4 Å². The van der Waals surface area contributed by atoms with Crippen LogP contribution in [0, 0.1) is 11.6 Å². The molecule has 2 atom stereocenters. The highest BCUT2D eigenvalue weighted by molar-refractivity contribution is 5.85. The minimum Gasteiger partial charge on any atom is -0.335 e. The van der Waals surface area contributed by atoms with E-state index in [1.54, 1.807) is 0 Å². The van der Waals surface area contributed by atoms with Crippen LogP contribution in [0.4, 0.5) is 22.0 Å². The van der Waals surface area contributed by atoms with Gasteiger partial charge in [-0.05, 0) is 37.1 Å². The summed E-state index contributed by atoms with van der Waals surface area (Å²) in [6, 6.07) is 1.84. The maximum atomic E-state index is 13.2. The Morgan fingerprint density at radius 3 is 2.30 bits per heavy atom. The van der Waals surface area contributed by atoms with Crippen LogP contribution in [-0.4, -0.2) is 36.6 Å². The van der Waals surface area contributed by atoms with Gasteiger partial charge in [-0.3, -0.25) is 4.79 Å². The Labute approximate surface area is 136 Å². The Hall–Kier alpha value is -1.41. The first kappa shape index (κ1) is 19.6. The highest BCUT2D eigenvalue weighted by Crippen LogP contribution is 2.29. The summed E-state index contributed by atoms with van der Waals surface area (Å²) in [5.41, 5.74) is 0.315. The second-order valence-electron chi connectivity index (χ2n) is 5.30. The minimum atomic E-state index is -4.93. The van der Waals surface area contributed by atoms with Gasteiger partial charge in [-0.2, -0.15) is 13.2 Å². The molecule has 0 unspecified atom stereocenters. The van der Waals surface area contributed by atoms with Gasteiger partial charge in [-0.25, -0.2) is 8.78 Å². The molecule has 0 aliphatic carbocycles. The van der Waals surface area contributed by atoms with Gasteiger partial charge >= 0.3 is 12.1 Å². The lowest BCUT2D eigenvalue weighted by Crippen LogP contribution is -2.49. The number of piperidine rings is 1. The fraction of sp³-hybridized carbons (Fsp3) is 0.500. The molecular weight excluding hydrogens is 343 g/mol. The molecule has 3 nitrogen and oxygen atoms in total. The summed E-state index contributed by atoms with van der Waals surface area (Å²) in [6.45, 7) is 0.350. The van der Waals surface area contributed by atoms with Crippen LogP contribution in [0.2, 0.25) is 0 Å². The maximum absolute atomic E-state index is 13.2. The van der Waals surface area contributed by atoms with Crippen LogP contribution in [0.25, 0.3) is 0 Å². The van der Waals surface area contributed by atoms with Gasteiger partial charge in [-0.1, -0.05) is 0 Å². The largest absolute Gasteiger partial charge is 0.471 e. The molecule has 23 heavy (non-hydrogen) atoms. The zero-order chi connectivity index (χ0) is 16.5. The van der Waals surface area contributed by atoms with Crippen LogP contribution in [0.3, 0.4) is 0 Å². The molecule has 1 aromatic carbocycles.